The lowest BCUT2D eigenvalue weighted by molar-refractivity contribution is 0.228. The molecule has 1 N–H and O–H groups in total. The minimum Gasteiger partial charge on any atom is -0.313 e. The second kappa shape index (κ2) is 8.28. The van der Waals surface area contributed by atoms with Crippen molar-refractivity contribution >= 4 is 15.9 Å². The first-order valence-electron chi connectivity index (χ1n) is 8.28. The predicted molar refractivity (Wildman–Crippen MR) is 91.0 cm³/mol. The van der Waals surface area contributed by atoms with Crippen molar-refractivity contribution < 1.29 is 4.39 Å². The molecule has 3 heteroatoms. The summed E-state index contributed by atoms with van der Waals surface area (Å²) >= 11 is 3.41. The summed E-state index contributed by atoms with van der Waals surface area (Å²) in [5.41, 5.74) is 1.09. The molecule has 118 valence electrons. The van der Waals surface area contributed by atoms with Crippen LogP contribution in [-0.4, -0.2) is 12.6 Å². The molecule has 1 aromatic rings. The Morgan fingerprint density at radius 1 is 1.29 bits per heavy atom. The second-order valence-corrected chi connectivity index (χ2v) is 7.29. The second-order valence-electron chi connectivity index (χ2n) is 6.50. The summed E-state index contributed by atoms with van der Waals surface area (Å²) in [4.78, 5) is 0. The molecule has 1 aliphatic rings. The molecule has 0 bridgehead atoms. The smallest absolute Gasteiger partial charge is 0.137 e. The van der Waals surface area contributed by atoms with Gasteiger partial charge >= 0.3 is 0 Å². The van der Waals surface area contributed by atoms with Crippen LogP contribution >= 0.6 is 15.9 Å². The molecule has 0 radical (unpaired) electrons. The van der Waals surface area contributed by atoms with Crippen LogP contribution < -0.4 is 5.32 Å². The van der Waals surface area contributed by atoms with E-state index >= 15 is 0 Å². The first-order chi connectivity index (χ1) is 10.1. The number of rotatable bonds is 6. The molecule has 1 unspecified atom stereocenters. The predicted octanol–water partition coefficient (Wildman–Crippen LogP) is 5.33. The maximum atomic E-state index is 13.7. The summed E-state index contributed by atoms with van der Waals surface area (Å²) in [6.07, 6.45) is 7.32. The van der Waals surface area contributed by atoms with Crippen LogP contribution in [0.2, 0.25) is 0 Å². The maximum absolute atomic E-state index is 13.7. The van der Waals surface area contributed by atoms with Crippen LogP contribution in [0.3, 0.4) is 0 Å². The summed E-state index contributed by atoms with van der Waals surface area (Å²) in [5.74, 6) is 1.44. The summed E-state index contributed by atoms with van der Waals surface area (Å²) in [6, 6.07) is 5.84. The molecule has 1 nitrogen and oxygen atoms in total. The van der Waals surface area contributed by atoms with Gasteiger partial charge in [0.2, 0.25) is 0 Å². The number of hydrogen-bond donors (Lipinski definition) is 1. The van der Waals surface area contributed by atoms with Gasteiger partial charge in [-0.3, -0.25) is 0 Å². The van der Waals surface area contributed by atoms with Crippen molar-refractivity contribution in [2.75, 3.05) is 6.54 Å². The highest BCUT2D eigenvalue weighted by atomic mass is 79.9. The third-order valence-corrected chi connectivity index (χ3v) is 5.65. The third kappa shape index (κ3) is 4.79. The molecule has 0 aliphatic heterocycles. The zero-order valence-corrected chi connectivity index (χ0v) is 14.8. The Morgan fingerprint density at radius 2 is 2.00 bits per heavy atom. The van der Waals surface area contributed by atoms with Gasteiger partial charge in [-0.15, -0.1) is 0 Å². The zero-order valence-electron chi connectivity index (χ0n) is 13.2. The maximum Gasteiger partial charge on any atom is 0.137 e. The molecular weight excluding hydrogens is 329 g/mol. The van der Waals surface area contributed by atoms with E-state index in [2.05, 4.69) is 35.1 Å². The zero-order chi connectivity index (χ0) is 15.2. The fraction of sp³-hybridized carbons (Fsp3) is 0.667. The van der Waals surface area contributed by atoms with Gasteiger partial charge in [0.05, 0.1) is 4.47 Å². The van der Waals surface area contributed by atoms with Gasteiger partial charge < -0.3 is 5.32 Å². The van der Waals surface area contributed by atoms with E-state index in [9.17, 15) is 4.39 Å². The molecule has 2 rings (SSSR count). The standard InChI is InChI=1S/C18H27BrFN/c1-3-11-21-17(14-9-7-13(2)8-10-14)12-15-5-4-6-16(20)18(15)19/h4-6,13-14,17,21H,3,7-12H2,1-2H3. The number of hydrogen-bond acceptors (Lipinski definition) is 1. The van der Waals surface area contributed by atoms with E-state index < -0.39 is 0 Å². The highest BCUT2D eigenvalue weighted by Crippen LogP contribution is 2.32. The van der Waals surface area contributed by atoms with Gasteiger partial charge in [0.25, 0.3) is 0 Å². The lowest BCUT2D eigenvalue weighted by Gasteiger charge is -2.33. The molecule has 0 amide bonds. The quantitative estimate of drug-likeness (QED) is 0.727. The van der Waals surface area contributed by atoms with E-state index in [1.165, 1.54) is 31.7 Å². The van der Waals surface area contributed by atoms with Gasteiger partial charge in [0.1, 0.15) is 5.82 Å². The molecule has 1 aromatic carbocycles. The minimum atomic E-state index is -0.154. The molecule has 1 aliphatic carbocycles. The minimum absolute atomic E-state index is 0.154. The van der Waals surface area contributed by atoms with Gasteiger partial charge in [-0.25, -0.2) is 4.39 Å². The molecule has 21 heavy (non-hydrogen) atoms. The largest absolute Gasteiger partial charge is 0.313 e. The van der Waals surface area contributed by atoms with Gasteiger partial charge in [0.15, 0.2) is 0 Å². The monoisotopic (exact) mass is 355 g/mol. The van der Waals surface area contributed by atoms with Crippen LogP contribution in [0.25, 0.3) is 0 Å². The molecule has 1 saturated carbocycles. The van der Waals surface area contributed by atoms with Crippen molar-refractivity contribution in [1.82, 2.24) is 5.32 Å². The van der Waals surface area contributed by atoms with E-state index in [0.717, 1.165) is 36.8 Å². The van der Waals surface area contributed by atoms with Gasteiger partial charge in [-0.05, 0) is 71.6 Å². The normalized spacial score (nSPS) is 24.0. The van der Waals surface area contributed by atoms with Gasteiger partial charge in [-0.2, -0.15) is 0 Å². The van der Waals surface area contributed by atoms with Crippen LogP contribution in [0, 0.1) is 17.7 Å². The Morgan fingerprint density at radius 3 is 2.67 bits per heavy atom. The van der Waals surface area contributed by atoms with Gasteiger partial charge in [0, 0.05) is 6.04 Å². The van der Waals surface area contributed by atoms with E-state index in [1.807, 2.05) is 12.1 Å². The van der Waals surface area contributed by atoms with Crippen molar-refractivity contribution in [3.8, 4) is 0 Å². The van der Waals surface area contributed by atoms with Crippen molar-refractivity contribution in [2.45, 2.75) is 58.4 Å². The Bertz CT molecular complexity index is 441. The first-order valence-corrected chi connectivity index (χ1v) is 9.07. The SMILES string of the molecule is CCCNC(Cc1cccc(F)c1Br)C1CCC(C)CC1. The first kappa shape index (κ1) is 17.0. The van der Waals surface area contributed by atoms with Crippen LogP contribution in [0.5, 0.6) is 0 Å². The molecular formula is C18H27BrFN. The van der Waals surface area contributed by atoms with Crippen molar-refractivity contribution in [3.63, 3.8) is 0 Å². The molecule has 1 atom stereocenters. The Labute approximate surface area is 136 Å². The highest BCUT2D eigenvalue weighted by molar-refractivity contribution is 9.10. The summed E-state index contributed by atoms with van der Waals surface area (Å²) in [7, 11) is 0. The fourth-order valence-electron chi connectivity index (χ4n) is 3.37. The molecule has 0 aromatic heterocycles. The Kier molecular flexibility index (Phi) is 6.69. The van der Waals surface area contributed by atoms with Crippen molar-refractivity contribution in [1.29, 1.82) is 0 Å². The van der Waals surface area contributed by atoms with Crippen LogP contribution in [0.1, 0.15) is 51.5 Å². The average Bonchev–Trinajstić information content (AvgIpc) is 2.49. The fourth-order valence-corrected chi connectivity index (χ4v) is 3.79. The molecule has 0 heterocycles. The molecule has 0 spiro atoms. The highest BCUT2D eigenvalue weighted by Gasteiger charge is 2.26. The lowest BCUT2D eigenvalue weighted by atomic mass is 9.77. The van der Waals surface area contributed by atoms with E-state index in [0.29, 0.717) is 10.5 Å². The van der Waals surface area contributed by atoms with Crippen LogP contribution in [0.15, 0.2) is 22.7 Å². The summed E-state index contributed by atoms with van der Waals surface area (Å²) < 4.78 is 14.3. The van der Waals surface area contributed by atoms with E-state index in [-0.39, 0.29) is 5.82 Å². The third-order valence-electron chi connectivity index (χ3n) is 4.76. The topological polar surface area (TPSA) is 12.0 Å². The lowest BCUT2D eigenvalue weighted by Crippen LogP contribution is -2.40. The summed E-state index contributed by atoms with van der Waals surface area (Å²) in [6.45, 7) is 5.60. The van der Waals surface area contributed by atoms with Gasteiger partial charge in [-0.1, -0.05) is 38.8 Å². The Balaban J connectivity index is 2.06. The van der Waals surface area contributed by atoms with Crippen molar-refractivity contribution in [2.24, 2.45) is 11.8 Å². The van der Waals surface area contributed by atoms with Crippen LogP contribution in [0.4, 0.5) is 4.39 Å². The Hall–Kier alpha value is -0.410. The van der Waals surface area contributed by atoms with Crippen LogP contribution in [-0.2, 0) is 6.42 Å². The molecule has 0 saturated heterocycles. The van der Waals surface area contributed by atoms with E-state index in [4.69, 9.17) is 0 Å². The molecule has 1 fully saturated rings. The number of benzene rings is 1. The number of halogens is 2. The number of nitrogens with one attached hydrogen (secondary N) is 1. The summed E-state index contributed by atoms with van der Waals surface area (Å²) in [5, 5.41) is 3.71. The average molecular weight is 356 g/mol. The van der Waals surface area contributed by atoms with E-state index in [1.54, 1.807) is 0 Å². The van der Waals surface area contributed by atoms with Crippen molar-refractivity contribution in [3.05, 3.63) is 34.1 Å².